The first-order valence-corrected chi connectivity index (χ1v) is 11.7. The van der Waals surface area contributed by atoms with Gasteiger partial charge in [-0.25, -0.2) is 8.42 Å². The second-order valence-corrected chi connectivity index (χ2v) is 10.3. The average Bonchev–Trinajstić information content (AvgIpc) is 3.14. The van der Waals surface area contributed by atoms with Crippen LogP contribution in [0, 0.1) is 6.92 Å². The van der Waals surface area contributed by atoms with Crippen LogP contribution in [0.15, 0.2) is 65.6 Å². The first-order chi connectivity index (χ1) is 15.2. The Morgan fingerprint density at radius 1 is 0.969 bits per heavy atom. The molecule has 0 aliphatic heterocycles. The smallest absolute Gasteiger partial charge is 0.228 e. The van der Waals surface area contributed by atoms with Gasteiger partial charge in [-0.2, -0.15) is 9.61 Å². The molecule has 0 bridgehead atoms. The Morgan fingerprint density at radius 2 is 1.66 bits per heavy atom. The minimum Gasteiger partial charge on any atom is -0.326 e. The molecule has 0 radical (unpaired) electrons. The van der Waals surface area contributed by atoms with Crippen molar-refractivity contribution in [3.8, 4) is 11.3 Å². The van der Waals surface area contributed by atoms with Crippen molar-refractivity contribution in [2.75, 3.05) is 5.32 Å². The highest BCUT2D eigenvalue weighted by Crippen LogP contribution is 2.21. The van der Waals surface area contributed by atoms with Crippen LogP contribution in [0.3, 0.4) is 0 Å². The zero-order chi connectivity index (χ0) is 22.9. The normalized spacial score (nSPS) is 11.8. The number of nitrogens with zero attached hydrogens (tertiary/aromatic N) is 4. The molecule has 0 spiro atoms. The summed E-state index contributed by atoms with van der Waals surface area (Å²) in [6.45, 7) is 5.13. The van der Waals surface area contributed by atoms with E-state index >= 15 is 0 Å². The number of fused-ring (bicyclic) bond motifs is 1. The molecular weight excluding hydrogens is 426 g/mol. The fourth-order valence-corrected chi connectivity index (χ4v) is 4.29. The first-order valence-electron chi connectivity index (χ1n) is 10.2. The van der Waals surface area contributed by atoms with Crippen LogP contribution in [-0.2, 0) is 21.1 Å². The van der Waals surface area contributed by atoms with Crippen molar-refractivity contribution in [2.45, 2.75) is 37.3 Å². The Kier molecular flexibility index (Phi) is 5.75. The van der Waals surface area contributed by atoms with Gasteiger partial charge in [0.2, 0.25) is 5.91 Å². The number of rotatable bonds is 6. The molecule has 32 heavy (non-hydrogen) atoms. The summed E-state index contributed by atoms with van der Waals surface area (Å²) in [6, 6.07) is 17.6. The zero-order valence-electron chi connectivity index (χ0n) is 18.0. The van der Waals surface area contributed by atoms with Crippen LogP contribution >= 0.6 is 0 Å². The van der Waals surface area contributed by atoms with E-state index in [1.54, 1.807) is 42.6 Å². The highest BCUT2D eigenvalue weighted by atomic mass is 32.2. The number of aryl methyl sites for hydroxylation is 1. The summed E-state index contributed by atoms with van der Waals surface area (Å²) >= 11 is 0. The van der Waals surface area contributed by atoms with E-state index < -0.39 is 15.1 Å². The van der Waals surface area contributed by atoms with E-state index in [1.165, 1.54) is 0 Å². The maximum atomic E-state index is 12.4. The number of aromatic nitrogens is 4. The Balaban J connectivity index is 1.42. The number of amides is 1. The minimum atomic E-state index is -3.32. The Hall–Kier alpha value is -3.59. The molecule has 0 aliphatic carbocycles. The third-order valence-corrected chi connectivity index (χ3v) is 7.29. The lowest BCUT2D eigenvalue weighted by atomic mass is 10.1. The van der Waals surface area contributed by atoms with E-state index in [-0.39, 0.29) is 17.2 Å². The van der Waals surface area contributed by atoms with Gasteiger partial charge in [0.05, 0.1) is 22.3 Å². The van der Waals surface area contributed by atoms with Gasteiger partial charge in [0.25, 0.3) is 0 Å². The molecule has 4 rings (SSSR count). The molecule has 1 N–H and O–H groups in total. The molecular formula is C23H23N5O3S. The molecule has 0 aliphatic rings. The summed E-state index contributed by atoms with van der Waals surface area (Å²) in [4.78, 5) is 12.7. The van der Waals surface area contributed by atoms with Crippen molar-refractivity contribution in [1.29, 1.82) is 0 Å². The fourth-order valence-electron chi connectivity index (χ4n) is 3.23. The van der Waals surface area contributed by atoms with Crippen molar-refractivity contribution in [3.63, 3.8) is 0 Å². The molecule has 0 unspecified atom stereocenters. The van der Waals surface area contributed by atoms with Gasteiger partial charge in [0, 0.05) is 11.3 Å². The van der Waals surface area contributed by atoms with Gasteiger partial charge in [-0.05, 0) is 62.7 Å². The average molecular weight is 450 g/mol. The molecule has 9 heteroatoms. The largest absolute Gasteiger partial charge is 0.326 e. The van der Waals surface area contributed by atoms with Crippen LogP contribution < -0.4 is 5.32 Å². The van der Waals surface area contributed by atoms with E-state index in [0.29, 0.717) is 17.2 Å². The number of carbonyl (C=O) groups excluding carboxylic acids is 1. The second-order valence-electron chi connectivity index (χ2n) is 7.78. The van der Waals surface area contributed by atoms with Crippen molar-refractivity contribution in [2.24, 2.45) is 0 Å². The summed E-state index contributed by atoms with van der Waals surface area (Å²) in [5, 5.41) is 15.0. The van der Waals surface area contributed by atoms with Gasteiger partial charge in [0.15, 0.2) is 21.3 Å². The lowest BCUT2D eigenvalue weighted by molar-refractivity contribution is -0.115. The maximum Gasteiger partial charge on any atom is 0.228 e. The SMILES string of the molecule is Cc1nnc2ccc(-c3ccc(NC(=O)Cc4ccc(S(=O)(=O)C(C)C)cc4)cc3)nn12. The number of nitrogens with one attached hydrogen (secondary N) is 1. The van der Waals surface area contributed by atoms with Crippen molar-refractivity contribution in [1.82, 2.24) is 19.8 Å². The van der Waals surface area contributed by atoms with E-state index in [4.69, 9.17) is 0 Å². The van der Waals surface area contributed by atoms with Gasteiger partial charge in [-0.3, -0.25) is 4.79 Å². The number of sulfone groups is 1. The van der Waals surface area contributed by atoms with Crippen molar-refractivity contribution >= 4 is 27.1 Å². The lowest BCUT2D eigenvalue weighted by Crippen LogP contribution is -2.15. The molecule has 164 valence electrons. The fraction of sp³-hybridized carbons (Fsp3) is 0.217. The first kappa shape index (κ1) is 21.6. The van der Waals surface area contributed by atoms with Crippen LogP contribution in [0.5, 0.6) is 0 Å². The minimum absolute atomic E-state index is 0.148. The third-order valence-electron chi connectivity index (χ3n) is 5.12. The molecule has 0 saturated carbocycles. The van der Waals surface area contributed by atoms with Crippen molar-refractivity contribution in [3.05, 3.63) is 72.1 Å². The summed E-state index contributed by atoms with van der Waals surface area (Å²) in [7, 11) is -3.32. The predicted molar refractivity (Wildman–Crippen MR) is 122 cm³/mol. The monoisotopic (exact) mass is 449 g/mol. The molecule has 0 saturated heterocycles. The van der Waals surface area contributed by atoms with Crippen LogP contribution in [-0.4, -0.2) is 39.4 Å². The summed E-state index contributed by atoms with van der Waals surface area (Å²) in [6.07, 6.45) is 0.148. The van der Waals surface area contributed by atoms with Crippen LogP contribution in [0.25, 0.3) is 16.9 Å². The number of hydrogen-bond acceptors (Lipinski definition) is 6. The van der Waals surface area contributed by atoms with Crippen LogP contribution in [0.4, 0.5) is 5.69 Å². The third kappa shape index (κ3) is 4.38. The van der Waals surface area contributed by atoms with E-state index in [1.807, 2.05) is 43.3 Å². The second kappa shape index (κ2) is 8.51. The number of hydrogen-bond donors (Lipinski definition) is 1. The number of anilines is 1. The van der Waals surface area contributed by atoms with Crippen molar-refractivity contribution < 1.29 is 13.2 Å². The van der Waals surface area contributed by atoms with Gasteiger partial charge in [-0.1, -0.05) is 24.3 Å². The molecule has 4 aromatic rings. The molecule has 2 aromatic heterocycles. The molecule has 0 fully saturated rings. The molecule has 1 amide bonds. The Bertz CT molecular complexity index is 1380. The van der Waals surface area contributed by atoms with Gasteiger partial charge in [-0.15, -0.1) is 10.2 Å². The topological polar surface area (TPSA) is 106 Å². The van der Waals surface area contributed by atoms with Gasteiger partial charge in [0.1, 0.15) is 0 Å². The van der Waals surface area contributed by atoms with E-state index in [9.17, 15) is 13.2 Å². The quantitative estimate of drug-likeness (QED) is 0.483. The van der Waals surface area contributed by atoms with E-state index in [2.05, 4.69) is 20.6 Å². The molecule has 8 nitrogen and oxygen atoms in total. The maximum absolute atomic E-state index is 12.4. The van der Waals surface area contributed by atoms with E-state index in [0.717, 1.165) is 16.8 Å². The highest BCUT2D eigenvalue weighted by molar-refractivity contribution is 7.92. The molecule has 2 aromatic carbocycles. The molecule has 2 heterocycles. The number of carbonyl (C=O) groups is 1. The predicted octanol–water partition coefficient (Wildman–Crippen LogP) is 3.46. The lowest BCUT2D eigenvalue weighted by Gasteiger charge is -2.09. The zero-order valence-corrected chi connectivity index (χ0v) is 18.8. The Labute approximate surface area is 186 Å². The van der Waals surface area contributed by atoms with Gasteiger partial charge < -0.3 is 5.32 Å². The van der Waals surface area contributed by atoms with Gasteiger partial charge >= 0.3 is 0 Å². The summed E-state index contributed by atoms with van der Waals surface area (Å²) in [5.41, 5.74) is 3.77. The standard InChI is InChI=1S/C23H23N5O3S/c1-15(2)32(30,31)20-10-4-17(5-11-20)14-23(29)24-19-8-6-18(7-9-19)21-12-13-22-26-25-16(3)28(22)27-21/h4-13,15H,14H2,1-3H3,(H,24,29). The van der Waals surface area contributed by atoms with Crippen LogP contribution in [0.1, 0.15) is 25.2 Å². The summed E-state index contributed by atoms with van der Waals surface area (Å²) in [5.74, 6) is 0.525. The highest BCUT2D eigenvalue weighted by Gasteiger charge is 2.18. The Morgan fingerprint density at radius 3 is 2.31 bits per heavy atom. The summed E-state index contributed by atoms with van der Waals surface area (Å²) < 4.78 is 26.1. The number of benzene rings is 2. The molecule has 0 atom stereocenters. The van der Waals surface area contributed by atoms with Crippen LogP contribution in [0.2, 0.25) is 0 Å².